The van der Waals surface area contributed by atoms with E-state index in [2.05, 4.69) is 10.3 Å². The molecule has 6 heteroatoms. The fourth-order valence-corrected chi connectivity index (χ4v) is 2.23. The van der Waals surface area contributed by atoms with Crippen LogP contribution in [0.5, 0.6) is 0 Å². The van der Waals surface area contributed by atoms with Crippen LogP contribution in [0.3, 0.4) is 0 Å². The van der Waals surface area contributed by atoms with Crippen LogP contribution in [0.1, 0.15) is 28.5 Å². The monoisotopic (exact) mass is 302 g/mol. The molecule has 0 radical (unpaired) electrons. The van der Waals surface area contributed by atoms with E-state index < -0.39 is 24.0 Å². The van der Waals surface area contributed by atoms with Gasteiger partial charge in [0, 0.05) is 5.39 Å². The van der Waals surface area contributed by atoms with Gasteiger partial charge in [0.2, 0.25) is 0 Å². The first-order valence-corrected chi connectivity index (χ1v) is 6.89. The number of nitrogens with one attached hydrogen (secondary N) is 1. The van der Waals surface area contributed by atoms with E-state index in [9.17, 15) is 14.7 Å². The number of nitrogens with zero attached hydrogens (tertiary/aromatic N) is 1. The zero-order chi connectivity index (χ0) is 16.4. The number of amides is 1. The predicted molar refractivity (Wildman–Crippen MR) is 81.8 cm³/mol. The molecular formula is C16H18N2O4. The Morgan fingerprint density at radius 2 is 1.91 bits per heavy atom. The van der Waals surface area contributed by atoms with Crippen molar-refractivity contribution in [3.63, 3.8) is 0 Å². The highest BCUT2D eigenvalue weighted by Gasteiger charge is 2.26. The third kappa shape index (κ3) is 3.23. The van der Waals surface area contributed by atoms with Crippen molar-refractivity contribution in [3.05, 3.63) is 41.1 Å². The summed E-state index contributed by atoms with van der Waals surface area (Å²) in [5.41, 5.74) is 2.61. The maximum atomic E-state index is 12.3. The number of aliphatic hydroxyl groups excluding tert-OH is 1. The molecule has 0 aliphatic heterocycles. The number of carbonyl (C=O) groups is 2. The highest BCUT2D eigenvalue weighted by Crippen LogP contribution is 2.18. The summed E-state index contributed by atoms with van der Waals surface area (Å²) in [4.78, 5) is 27.7. The molecular weight excluding hydrogens is 284 g/mol. The molecule has 0 aliphatic carbocycles. The molecule has 0 unspecified atom stereocenters. The number of aliphatic carboxylic acids is 1. The normalized spacial score (nSPS) is 13.6. The largest absolute Gasteiger partial charge is 0.480 e. The summed E-state index contributed by atoms with van der Waals surface area (Å²) >= 11 is 0. The van der Waals surface area contributed by atoms with E-state index in [0.717, 1.165) is 16.5 Å². The van der Waals surface area contributed by atoms with Crippen molar-refractivity contribution in [2.24, 2.45) is 0 Å². The second kappa shape index (κ2) is 6.11. The van der Waals surface area contributed by atoms with E-state index in [0.29, 0.717) is 11.3 Å². The van der Waals surface area contributed by atoms with Gasteiger partial charge in [0.25, 0.3) is 5.91 Å². The minimum absolute atomic E-state index is 0.296. The molecule has 0 fully saturated rings. The molecule has 0 aliphatic rings. The van der Waals surface area contributed by atoms with Crippen LogP contribution in [-0.4, -0.2) is 39.2 Å². The fraction of sp³-hybridized carbons (Fsp3) is 0.312. The molecule has 2 rings (SSSR count). The third-order valence-electron chi connectivity index (χ3n) is 3.44. The number of aryl methyl sites for hydroxylation is 2. The van der Waals surface area contributed by atoms with Crippen LogP contribution in [0.4, 0.5) is 0 Å². The zero-order valence-corrected chi connectivity index (χ0v) is 12.6. The van der Waals surface area contributed by atoms with Gasteiger partial charge in [0.15, 0.2) is 6.04 Å². The molecule has 0 saturated heterocycles. The Hall–Kier alpha value is -2.47. The Morgan fingerprint density at radius 1 is 1.23 bits per heavy atom. The number of fused-ring (bicyclic) bond motifs is 1. The summed E-state index contributed by atoms with van der Waals surface area (Å²) in [5, 5.41) is 21.6. The molecule has 6 nitrogen and oxygen atoms in total. The SMILES string of the molecule is Cc1ccc2nc(C)c(C(=O)N[C@H](C(=O)O)[C@@H](C)O)cc2c1. The van der Waals surface area contributed by atoms with Crippen molar-refractivity contribution in [2.75, 3.05) is 0 Å². The minimum Gasteiger partial charge on any atom is -0.480 e. The summed E-state index contributed by atoms with van der Waals surface area (Å²) in [6.45, 7) is 4.94. The first-order valence-electron chi connectivity index (χ1n) is 6.89. The van der Waals surface area contributed by atoms with Gasteiger partial charge in [-0.3, -0.25) is 9.78 Å². The van der Waals surface area contributed by atoms with Crippen molar-refractivity contribution in [3.8, 4) is 0 Å². The summed E-state index contributed by atoms with van der Waals surface area (Å²) in [7, 11) is 0. The lowest BCUT2D eigenvalue weighted by atomic mass is 10.1. The van der Waals surface area contributed by atoms with Gasteiger partial charge < -0.3 is 15.5 Å². The number of rotatable bonds is 4. The molecule has 1 aromatic heterocycles. The number of carboxylic acids is 1. The average molecular weight is 302 g/mol. The van der Waals surface area contributed by atoms with E-state index in [-0.39, 0.29) is 0 Å². The number of aromatic nitrogens is 1. The molecule has 2 aromatic rings. The fourth-order valence-electron chi connectivity index (χ4n) is 2.23. The lowest BCUT2D eigenvalue weighted by molar-refractivity contribution is -0.141. The highest BCUT2D eigenvalue weighted by atomic mass is 16.4. The maximum absolute atomic E-state index is 12.3. The van der Waals surface area contributed by atoms with Crippen LogP contribution >= 0.6 is 0 Å². The van der Waals surface area contributed by atoms with Crippen LogP contribution < -0.4 is 5.32 Å². The van der Waals surface area contributed by atoms with Crippen LogP contribution in [0.25, 0.3) is 10.9 Å². The number of pyridine rings is 1. The highest BCUT2D eigenvalue weighted by molar-refractivity contribution is 6.00. The van der Waals surface area contributed by atoms with Crippen molar-refractivity contribution in [1.29, 1.82) is 0 Å². The molecule has 0 saturated carbocycles. The van der Waals surface area contributed by atoms with Crippen molar-refractivity contribution >= 4 is 22.8 Å². The number of aliphatic hydroxyl groups is 1. The Kier molecular flexibility index (Phi) is 4.42. The molecule has 0 spiro atoms. The topological polar surface area (TPSA) is 99.5 Å². The lowest BCUT2D eigenvalue weighted by Gasteiger charge is -2.17. The van der Waals surface area contributed by atoms with Gasteiger partial charge in [-0.2, -0.15) is 0 Å². The Labute approximate surface area is 127 Å². The Morgan fingerprint density at radius 3 is 2.50 bits per heavy atom. The van der Waals surface area contributed by atoms with E-state index in [1.807, 2.05) is 25.1 Å². The molecule has 2 atom stereocenters. The second-order valence-electron chi connectivity index (χ2n) is 5.35. The summed E-state index contributed by atoms with van der Waals surface area (Å²) in [5.74, 6) is -1.85. The van der Waals surface area contributed by atoms with E-state index >= 15 is 0 Å². The average Bonchev–Trinajstić information content (AvgIpc) is 2.43. The quantitative estimate of drug-likeness (QED) is 0.793. The molecule has 22 heavy (non-hydrogen) atoms. The van der Waals surface area contributed by atoms with Crippen molar-refractivity contribution < 1.29 is 19.8 Å². The summed E-state index contributed by atoms with van der Waals surface area (Å²) in [6.07, 6.45) is -1.20. The second-order valence-corrected chi connectivity index (χ2v) is 5.35. The van der Waals surface area contributed by atoms with Crippen LogP contribution in [0.2, 0.25) is 0 Å². The number of carbonyl (C=O) groups excluding carboxylic acids is 1. The van der Waals surface area contributed by atoms with Gasteiger partial charge in [0.1, 0.15) is 0 Å². The van der Waals surface area contributed by atoms with Crippen LogP contribution in [-0.2, 0) is 4.79 Å². The molecule has 1 heterocycles. The molecule has 3 N–H and O–H groups in total. The lowest BCUT2D eigenvalue weighted by Crippen LogP contribution is -2.47. The van der Waals surface area contributed by atoms with Gasteiger partial charge in [-0.15, -0.1) is 0 Å². The van der Waals surface area contributed by atoms with Crippen molar-refractivity contribution in [2.45, 2.75) is 32.9 Å². The summed E-state index contributed by atoms with van der Waals surface area (Å²) < 4.78 is 0. The van der Waals surface area contributed by atoms with E-state index in [1.54, 1.807) is 13.0 Å². The Balaban J connectivity index is 2.38. The maximum Gasteiger partial charge on any atom is 0.328 e. The van der Waals surface area contributed by atoms with Gasteiger partial charge in [-0.05, 0) is 39.0 Å². The van der Waals surface area contributed by atoms with Gasteiger partial charge in [-0.25, -0.2) is 4.79 Å². The Bertz CT molecular complexity index is 740. The standard InChI is InChI=1S/C16H18N2O4/c1-8-4-5-13-11(6-8)7-12(9(2)17-13)15(20)18-14(10(3)19)16(21)22/h4-7,10,14,19H,1-3H3,(H,18,20)(H,21,22)/t10-,14+/m1/s1. The number of carboxylic acid groups (broad SMARTS) is 1. The predicted octanol–water partition coefficient (Wildman–Crippen LogP) is 1.42. The molecule has 1 amide bonds. The number of benzene rings is 1. The first kappa shape index (κ1) is 15.9. The molecule has 0 bridgehead atoms. The van der Waals surface area contributed by atoms with Gasteiger partial charge in [-0.1, -0.05) is 11.6 Å². The zero-order valence-electron chi connectivity index (χ0n) is 12.6. The first-order chi connectivity index (χ1) is 10.3. The third-order valence-corrected chi connectivity index (χ3v) is 3.44. The number of hydrogen-bond donors (Lipinski definition) is 3. The minimum atomic E-state index is -1.36. The van der Waals surface area contributed by atoms with Crippen molar-refractivity contribution in [1.82, 2.24) is 10.3 Å². The van der Waals surface area contributed by atoms with E-state index in [1.165, 1.54) is 6.92 Å². The molecule has 1 aromatic carbocycles. The smallest absolute Gasteiger partial charge is 0.328 e. The van der Waals surface area contributed by atoms with E-state index in [4.69, 9.17) is 5.11 Å². The molecule has 116 valence electrons. The van der Waals surface area contributed by atoms with Crippen LogP contribution in [0.15, 0.2) is 24.3 Å². The van der Waals surface area contributed by atoms with Gasteiger partial charge >= 0.3 is 5.97 Å². The van der Waals surface area contributed by atoms with Gasteiger partial charge in [0.05, 0.1) is 22.9 Å². The van der Waals surface area contributed by atoms with Crippen LogP contribution in [0, 0.1) is 13.8 Å². The summed E-state index contributed by atoms with van der Waals surface area (Å²) in [6, 6.07) is 6.03. The number of hydrogen-bond acceptors (Lipinski definition) is 4.